The van der Waals surface area contributed by atoms with Gasteiger partial charge in [-0.05, 0) is 38.5 Å². The summed E-state index contributed by atoms with van der Waals surface area (Å²) in [7, 11) is 1.70. The molecule has 0 bridgehead atoms. The van der Waals surface area contributed by atoms with E-state index in [-0.39, 0.29) is 0 Å². The largest absolute Gasteiger partial charge is 0.444 e. The molecular weight excluding hydrogens is 330 g/mol. The van der Waals surface area contributed by atoms with Crippen LogP contribution < -0.4 is 16.0 Å². The Kier molecular flexibility index (Phi) is 7.95. The average molecular weight is 359 g/mol. The monoisotopic (exact) mass is 359 g/mol. The van der Waals surface area contributed by atoms with Crippen molar-refractivity contribution >= 4 is 11.6 Å². The number of ether oxygens (including phenoxy) is 1. The number of rotatable bonds is 9. The van der Waals surface area contributed by atoms with Gasteiger partial charge < -0.3 is 25.1 Å². The number of methoxy groups -OCH3 is 1. The van der Waals surface area contributed by atoms with Crippen LogP contribution in [0.5, 0.6) is 0 Å². The molecule has 3 N–H and O–H groups in total. The van der Waals surface area contributed by atoms with Crippen LogP contribution in [0.15, 0.2) is 33.7 Å². The Labute approximate surface area is 155 Å². The highest BCUT2D eigenvalue weighted by molar-refractivity contribution is 5.79. The van der Waals surface area contributed by atoms with Gasteiger partial charge in [-0.15, -0.1) is 0 Å². The van der Waals surface area contributed by atoms with E-state index >= 15 is 0 Å². The minimum absolute atomic E-state index is 0.503. The number of aliphatic imine (C=N–C) groups is 1. The van der Waals surface area contributed by atoms with Crippen molar-refractivity contribution in [1.29, 1.82) is 0 Å². The zero-order valence-electron chi connectivity index (χ0n) is 16.1. The Hall–Kier alpha value is -2.54. The number of aryl methyl sites for hydroxylation is 2. The summed E-state index contributed by atoms with van der Waals surface area (Å²) in [6, 6.07) is 8.25. The molecule has 2 rings (SSSR count). The van der Waals surface area contributed by atoms with Crippen molar-refractivity contribution in [3.8, 4) is 0 Å². The highest BCUT2D eigenvalue weighted by Gasteiger charge is 2.06. The number of aromatic nitrogens is 1. The van der Waals surface area contributed by atoms with Crippen LogP contribution >= 0.6 is 0 Å². The Morgan fingerprint density at radius 1 is 1.19 bits per heavy atom. The van der Waals surface area contributed by atoms with E-state index in [1.807, 2.05) is 20.8 Å². The molecule has 0 fully saturated rings. The van der Waals surface area contributed by atoms with Crippen LogP contribution in [0.4, 0.5) is 5.69 Å². The molecule has 1 heterocycles. The number of guanidine groups is 1. The van der Waals surface area contributed by atoms with Gasteiger partial charge in [0.15, 0.2) is 5.96 Å². The van der Waals surface area contributed by atoms with E-state index in [0.717, 1.165) is 41.8 Å². The second kappa shape index (κ2) is 10.5. The highest BCUT2D eigenvalue weighted by Crippen LogP contribution is 2.10. The molecule has 0 atom stereocenters. The minimum atomic E-state index is 0.503. The first kappa shape index (κ1) is 19.8. The second-order valence-electron chi connectivity index (χ2n) is 5.91. The topological polar surface area (TPSA) is 83.7 Å². The van der Waals surface area contributed by atoms with Crippen LogP contribution in [0.25, 0.3) is 0 Å². The smallest absolute Gasteiger partial charge is 0.214 e. The number of oxazole rings is 1. The minimum Gasteiger partial charge on any atom is -0.444 e. The van der Waals surface area contributed by atoms with Crippen LogP contribution in [-0.2, 0) is 17.8 Å². The van der Waals surface area contributed by atoms with Crippen LogP contribution in [0.1, 0.15) is 29.8 Å². The van der Waals surface area contributed by atoms with E-state index in [1.54, 1.807) is 7.11 Å². The maximum Gasteiger partial charge on any atom is 0.214 e. The summed E-state index contributed by atoms with van der Waals surface area (Å²) in [6.45, 7) is 9.26. The molecule has 142 valence electrons. The lowest BCUT2D eigenvalue weighted by atomic mass is 10.2. The molecule has 0 saturated carbocycles. The summed E-state index contributed by atoms with van der Waals surface area (Å²) in [6.07, 6.45) is 0. The lowest BCUT2D eigenvalue weighted by Gasteiger charge is -2.10. The Morgan fingerprint density at radius 2 is 1.96 bits per heavy atom. The molecule has 0 amide bonds. The predicted molar refractivity (Wildman–Crippen MR) is 104 cm³/mol. The van der Waals surface area contributed by atoms with E-state index in [9.17, 15) is 0 Å². The molecule has 2 aromatic rings. The van der Waals surface area contributed by atoms with E-state index in [1.165, 1.54) is 0 Å². The van der Waals surface area contributed by atoms with Crippen molar-refractivity contribution in [2.45, 2.75) is 33.9 Å². The summed E-state index contributed by atoms with van der Waals surface area (Å²) >= 11 is 0. The molecule has 1 aromatic carbocycles. The lowest BCUT2D eigenvalue weighted by molar-refractivity contribution is 0.211. The molecule has 0 aliphatic heterocycles. The molecule has 0 unspecified atom stereocenters. The molecule has 26 heavy (non-hydrogen) atoms. The Bertz CT molecular complexity index is 675. The zero-order chi connectivity index (χ0) is 18.8. The molecule has 0 radical (unpaired) electrons. The van der Waals surface area contributed by atoms with Gasteiger partial charge in [-0.25, -0.2) is 9.98 Å². The summed E-state index contributed by atoms with van der Waals surface area (Å²) in [4.78, 5) is 8.99. The normalized spacial score (nSPS) is 11.5. The molecule has 1 aromatic heterocycles. The average Bonchev–Trinajstić information content (AvgIpc) is 2.96. The predicted octanol–water partition coefficient (Wildman–Crippen LogP) is 2.61. The van der Waals surface area contributed by atoms with Crippen molar-refractivity contribution in [3.05, 3.63) is 47.2 Å². The molecule has 7 heteroatoms. The van der Waals surface area contributed by atoms with Gasteiger partial charge in [-0.3, -0.25) is 0 Å². The van der Waals surface area contributed by atoms with Gasteiger partial charge in [-0.1, -0.05) is 12.1 Å². The summed E-state index contributed by atoms with van der Waals surface area (Å²) in [5.74, 6) is 2.25. The van der Waals surface area contributed by atoms with Gasteiger partial charge in [0.2, 0.25) is 5.89 Å². The number of nitrogens with one attached hydrogen (secondary N) is 3. The third-order valence-electron chi connectivity index (χ3n) is 3.83. The first-order chi connectivity index (χ1) is 12.6. The van der Waals surface area contributed by atoms with E-state index < -0.39 is 0 Å². The number of benzene rings is 1. The summed E-state index contributed by atoms with van der Waals surface area (Å²) < 4.78 is 10.6. The first-order valence-electron chi connectivity index (χ1n) is 8.89. The molecule has 0 aliphatic carbocycles. The van der Waals surface area contributed by atoms with Crippen molar-refractivity contribution in [3.63, 3.8) is 0 Å². The van der Waals surface area contributed by atoms with E-state index in [2.05, 4.69) is 50.2 Å². The number of hydrogen-bond donors (Lipinski definition) is 3. The SMILES string of the molecule is CCNC(=NCc1ccc(NCCOC)cc1)NCc1nc(C)c(C)o1. The number of anilines is 1. The van der Waals surface area contributed by atoms with Gasteiger partial charge in [0.1, 0.15) is 5.76 Å². The van der Waals surface area contributed by atoms with Crippen LogP contribution in [-0.4, -0.2) is 37.7 Å². The molecule has 0 saturated heterocycles. The quantitative estimate of drug-likeness (QED) is 0.363. The summed E-state index contributed by atoms with van der Waals surface area (Å²) in [5.41, 5.74) is 3.14. The molecular formula is C19H29N5O2. The Morgan fingerprint density at radius 3 is 2.58 bits per heavy atom. The van der Waals surface area contributed by atoms with Crippen LogP contribution in [0, 0.1) is 13.8 Å². The van der Waals surface area contributed by atoms with Crippen LogP contribution in [0.3, 0.4) is 0 Å². The van der Waals surface area contributed by atoms with Gasteiger partial charge in [0.25, 0.3) is 0 Å². The fourth-order valence-corrected chi connectivity index (χ4v) is 2.31. The third kappa shape index (κ3) is 6.40. The van der Waals surface area contributed by atoms with E-state index in [4.69, 9.17) is 9.15 Å². The van der Waals surface area contributed by atoms with Crippen molar-refractivity contribution in [2.24, 2.45) is 4.99 Å². The maximum absolute atomic E-state index is 5.59. The molecule has 0 aliphatic rings. The third-order valence-corrected chi connectivity index (χ3v) is 3.83. The van der Waals surface area contributed by atoms with E-state index in [0.29, 0.717) is 25.6 Å². The second-order valence-corrected chi connectivity index (χ2v) is 5.91. The number of nitrogens with zero attached hydrogens (tertiary/aromatic N) is 2. The van der Waals surface area contributed by atoms with Gasteiger partial charge in [-0.2, -0.15) is 0 Å². The number of hydrogen-bond acceptors (Lipinski definition) is 5. The standard InChI is InChI=1S/C19H29N5O2/c1-5-20-19(23-13-18-24-14(2)15(3)26-18)22-12-16-6-8-17(9-7-16)21-10-11-25-4/h6-9,21H,5,10-13H2,1-4H3,(H2,20,22,23). The van der Waals surface area contributed by atoms with Crippen molar-refractivity contribution < 1.29 is 9.15 Å². The Balaban J connectivity index is 1.89. The van der Waals surface area contributed by atoms with Gasteiger partial charge in [0.05, 0.1) is 25.4 Å². The van der Waals surface area contributed by atoms with Gasteiger partial charge >= 0.3 is 0 Å². The van der Waals surface area contributed by atoms with Gasteiger partial charge in [0, 0.05) is 25.9 Å². The van der Waals surface area contributed by atoms with Crippen molar-refractivity contribution in [1.82, 2.24) is 15.6 Å². The molecule has 7 nitrogen and oxygen atoms in total. The zero-order valence-corrected chi connectivity index (χ0v) is 16.1. The van der Waals surface area contributed by atoms with Crippen LogP contribution in [0.2, 0.25) is 0 Å². The first-order valence-corrected chi connectivity index (χ1v) is 8.89. The highest BCUT2D eigenvalue weighted by atomic mass is 16.5. The lowest BCUT2D eigenvalue weighted by Crippen LogP contribution is -2.36. The maximum atomic E-state index is 5.59. The fourth-order valence-electron chi connectivity index (χ4n) is 2.31. The fraction of sp³-hybridized carbons (Fsp3) is 0.474. The summed E-state index contributed by atoms with van der Waals surface area (Å²) in [5, 5.41) is 9.78. The van der Waals surface area contributed by atoms with Crippen molar-refractivity contribution in [2.75, 3.05) is 32.1 Å². The molecule has 0 spiro atoms.